The molecule has 1 aromatic carbocycles. The predicted molar refractivity (Wildman–Crippen MR) is 77.6 cm³/mol. The summed E-state index contributed by atoms with van der Waals surface area (Å²) in [6, 6.07) is 9.56. The normalized spacial score (nSPS) is 11.3. The van der Waals surface area contributed by atoms with E-state index in [1.165, 1.54) is 0 Å². The van der Waals surface area contributed by atoms with Crippen molar-refractivity contribution >= 4 is 16.8 Å². The average Bonchev–Trinajstić information content (AvgIpc) is 2.83. The molecule has 102 valence electrons. The van der Waals surface area contributed by atoms with Crippen LogP contribution in [0.25, 0.3) is 11.0 Å². The van der Waals surface area contributed by atoms with Crippen LogP contribution in [0.4, 0.5) is 0 Å². The van der Waals surface area contributed by atoms with Gasteiger partial charge in [0, 0.05) is 5.39 Å². The standard InChI is InChI=1S/C16H21NO2/c1-3-9-17(10-4-2)12-14(18)16-11-13-7-5-6-8-15(13)19-16/h5-8,11H,3-4,9-10,12H2,1-2H3. The molecule has 0 aliphatic carbocycles. The van der Waals surface area contributed by atoms with Crippen molar-refractivity contribution < 1.29 is 9.21 Å². The Labute approximate surface area is 114 Å². The van der Waals surface area contributed by atoms with E-state index in [0.29, 0.717) is 12.3 Å². The van der Waals surface area contributed by atoms with Crippen LogP contribution in [0.3, 0.4) is 0 Å². The zero-order chi connectivity index (χ0) is 13.7. The summed E-state index contributed by atoms with van der Waals surface area (Å²) < 4.78 is 5.61. The van der Waals surface area contributed by atoms with E-state index < -0.39 is 0 Å². The van der Waals surface area contributed by atoms with Crippen LogP contribution in [0.15, 0.2) is 34.7 Å². The molecule has 0 atom stereocenters. The minimum absolute atomic E-state index is 0.0677. The Morgan fingerprint density at radius 2 is 1.84 bits per heavy atom. The van der Waals surface area contributed by atoms with Gasteiger partial charge in [0.2, 0.25) is 5.78 Å². The molecule has 0 bridgehead atoms. The van der Waals surface area contributed by atoms with Crippen LogP contribution in [0.2, 0.25) is 0 Å². The second-order valence-electron chi connectivity index (χ2n) is 4.85. The van der Waals surface area contributed by atoms with Gasteiger partial charge < -0.3 is 4.42 Å². The van der Waals surface area contributed by atoms with Gasteiger partial charge in [-0.1, -0.05) is 32.0 Å². The molecule has 0 N–H and O–H groups in total. The quantitative estimate of drug-likeness (QED) is 0.710. The van der Waals surface area contributed by atoms with E-state index in [2.05, 4.69) is 18.7 Å². The number of furan rings is 1. The van der Waals surface area contributed by atoms with E-state index in [0.717, 1.165) is 36.9 Å². The number of hydrogen-bond acceptors (Lipinski definition) is 3. The zero-order valence-electron chi connectivity index (χ0n) is 11.7. The molecule has 1 aromatic heterocycles. The van der Waals surface area contributed by atoms with Gasteiger partial charge >= 0.3 is 0 Å². The first-order chi connectivity index (χ1) is 9.24. The van der Waals surface area contributed by atoms with Gasteiger partial charge in [-0.2, -0.15) is 0 Å². The smallest absolute Gasteiger partial charge is 0.211 e. The van der Waals surface area contributed by atoms with Gasteiger partial charge in [0.15, 0.2) is 5.76 Å². The van der Waals surface area contributed by atoms with Crippen LogP contribution < -0.4 is 0 Å². The molecule has 2 aromatic rings. The maximum Gasteiger partial charge on any atom is 0.211 e. The van der Waals surface area contributed by atoms with Crippen LogP contribution >= 0.6 is 0 Å². The number of hydrogen-bond donors (Lipinski definition) is 0. The van der Waals surface area contributed by atoms with E-state index in [4.69, 9.17) is 4.42 Å². The van der Waals surface area contributed by atoms with E-state index in [9.17, 15) is 4.79 Å². The molecule has 3 nitrogen and oxygen atoms in total. The molecule has 2 rings (SSSR count). The monoisotopic (exact) mass is 259 g/mol. The van der Waals surface area contributed by atoms with Crippen molar-refractivity contribution in [2.45, 2.75) is 26.7 Å². The molecule has 0 aliphatic rings. The lowest BCUT2D eigenvalue weighted by atomic mass is 10.2. The first-order valence-electron chi connectivity index (χ1n) is 6.98. The molecule has 0 radical (unpaired) electrons. The lowest BCUT2D eigenvalue weighted by Gasteiger charge is -2.19. The van der Waals surface area contributed by atoms with Crippen molar-refractivity contribution in [2.75, 3.05) is 19.6 Å². The molecular weight excluding hydrogens is 238 g/mol. The summed E-state index contributed by atoms with van der Waals surface area (Å²) in [6.07, 6.45) is 2.13. The first-order valence-corrected chi connectivity index (χ1v) is 6.98. The van der Waals surface area contributed by atoms with Crippen molar-refractivity contribution in [2.24, 2.45) is 0 Å². The maximum absolute atomic E-state index is 12.2. The van der Waals surface area contributed by atoms with Gasteiger partial charge in [-0.05, 0) is 38.1 Å². The third kappa shape index (κ3) is 3.44. The highest BCUT2D eigenvalue weighted by Crippen LogP contribution is 2.19. The summed E-state index contributed by atoms with van der Waals surface area (Å²) in [5.74, 6) is 0.538. The van der Waals surface area contributed by atoms with Gasteiger partial charge in [0.25, 0.3) is 0 Å². The fourth-order valence-electron chi connectivity index (χ4n) is 2.30. The third-order valence-corrected chi connectivity index (χ3v) is 3.15. The maximum atomic E-state index is 12.2. The highest BCUT2D eigenvalue weighted by Gasteiger charge is 2.15. The molecule has 19 heavy (non-hydrogen) atoms. The van der Waals surface area contributed by atoms with Crippen LogP contribution in [-0.2, 0) is 0 Å². The van der Waals surface area contributed by atoms with Gasteiger partial charge in [0.1, 0.15) is 5.58 Å². The largest absolute Gasteiger partial charge is 0.453 e. The molecule has 0 saturated heterocycles. The highest BCUT2D eigenvalue weighted by atomic mass is 16.3. The number of nitrogens with zero attached hydrogens (tertiary/aromatic N) is 1. The Bertz CT molecular complexity index is 505. The first kappa shape index (κ1) is 13.8. The third-order valence-electron chi connectivity index (χ3n) is 3.15. The van der Waals surface area contributed by atoms with Crippen molar-refractivity contribution in [1.82, 2.24) is 4.90 Å². The number of carbonyl (C=O) groups is 1. The van der Waals surface area contributed by atoms with Crippen molar-refractivity contribution in [3.8, 4) is 0 Å². The van der Waals surface area contributed by atoms with E-state index in [1.54, 1.807) is 0 Å². The fourth-order valence-corrected chi connectivity index (χ4v) is 2.30. The van der Waals surface area contributed by atoms with Gasteiger partial charge in [-0.15, -0.1) is 0 Å². The number of fused-ring (bicyclic) bond motifs is 1. The molecule has 0 saturated carbocycles. The van der Waals surface area contributed by atoms with E-state index in [1.807, 2.05) is 30.3 Å². The average molecular weight is 259 g/mol. The Kier molecular flexibility index (Phi) is 4.74. The van der Waals surface area contributed by atoms with E-state index in [-0.39, 0.29) is 5.78 Å². The summed E-state index contributed by atoms with van der Waals surface area (Å²) in [5, 5.41) is 0.989. The number of carbonyl (C=O) groups excluding carboxylic acids is 1. The Morgan fingerprint density at radius 1 is 1.16 bits per heavy atom. The Hall–Kier alpha value is -1.61. The summed E-state index contributed by atoms with van der Waals surface area (Å²) in [7, 11) is 0. The molecule has 0 fully saturated rings. The molecular formula is C16H21NO2. The van der Waals surface area contributed by atoms with Gasteiger partial charge in [0.05, 0.1) is 6.54 Å². The Balaban J connectivity index is 2.09. The fraction of sp³-hybridized carbons (Fsp3) is 0.438. The lowest BCUT2D eigenvalue weighted by molar-refractivity contribution is 0.0905. The van der Waals surface area contributed by atoms with Crippen LogP contribution in [0.1, 0.15) is 37.2 Å². The lowest BCUT2D eigenvalue weighted by Crippen LogP contribution is -2.31. The summed E-state index contributed by atoms with van der Waals surface area (Å²) in [5.41, 5.74) is 0.781. The molecule has 0 spiro atoms. The topological polar surface area (TPSA) is 33.5 Å². The van der Waals surface area contributed by atoms with Gasteiger partial charge in [-0.3, -0.25) is 9.69 Å². The molecule has 1 heterocycles. The minimum atomic E-state index is 0.0677. The number of rotatable bonds is 7. The molecule has 0 amide bonds. The number of benzene rings is 1. The summed E-state index contributed by atoms with van der Waals surface area (Å²) >= 11 is 0. The van der Waals surface area contributed by atoms with E-state index >= 15 is 0 Å². The minimum Gasteiger partial charge on any atom is -0.453 e. The van der Waals surface area contributed by atoms with Gasteiger partial charge in [-0.25, -0.2) is 0 Å². The second kappa shape index (κ2) is 6.53. The number of Topliss-reactive ketones (excluding diaryl/α,β-unsaturated/α-hetero) is 1. The van der Waals surface area contributed by atoms with Crippen LogP contribution in [0, 0.1) is 0 Å². The van der Waals surface area contributed by atoms with Crippen LogP contribution in [0.5, 0.6) is 0 Å². The Morgan fingerprint density at radius 3 is 2.47 bits per heavy atom. The number of para-hydroxylation sites is 1. The van der Waals surface area contributed by atoms with Crippen LogP contribution in [-0.4, -0.2) is 30.3 Å². The molecule has 0 aliphatic heterocycles. The zero-order valence-corrected chi connectivity index (χ0v) is 11.7. The summed E-state index contributed by atoms with van der Waals surface area (Å²) in [4.78, 5) is 14.4. The number of ketones is 1. The molecule has 0 unspecified atom stereocenters. The molecule has 3 heteroatoms. The second-order valence-corrected chi connectivity index (χ2v) is 4.85. The van der Waals surface area contributed by atoms with Crippen molar-refractivity contribution in [3.63, 3.8) is 0 Å². The predicted octanol–water partition coefficient (Wildman–Crippen LogP) is 3.74. The van der Waals surface area contributed by atoms with Crippen molar-refractivity contribution in [1.29, 1.82) is 0 Å². The highest BCUT2D eigenvalue weighted by molar-refractivity contribution is 5.98. The summed E-state index contributed by atoms with van der Waals surface area (Å²) in [6.45, 7) is 6.63. The SMILES string of the molecule is CCCN(CCC)CC(=O)c1cc2ccccc2o1. The van der Waals surface area contributed by atoms with Crippen molar-refractivity contribution in [3.05, 3.63) is 36.1 Å².